The molecular weight excluding hydrogens is 229 g/mol. The second kappa shape index (κ2) is 4.05. The molecule has 2 heterocycles. The molecule has 84 valence electrons. The van der Waals surface area contributed by atoms with E-state index in [0.29, 0.717) is 15.3 Å². The van der Waals surface area contributed by atoms with E-state index >= 15 is 0 Å². The van der Waals surface area contributed by atoms with Crippen LogP contribution in [0.2, 0.25) is 0 Å². The Morgan fingerprint density at radius 3 is 2.81 bits per heavy atom. The van der Waals surface area contributed by atoms with Crippen molar-refractivity contribution in [1.82, 2.24) is 4.98 Å². The van der Waals surface area contributed by atoms with E-state index in [9.17, 15) is 9.60 Å². The number of nitrogens with zero attached hydrogens (tertiary/aromatic N) is 2. The van der Waals surface area contributed by atoms with Gasteiger partial charge in [-0.25, -0.2) is 9.37 Å². The molecule has 0 aliphatic heterocycles. The number of anilines is 1. The number of pyridine rings is 1. The van der Waals surface area contributed by atoms with E-state index in [-0.39, 0.29) is 0 Å². The van der Waals surface area contributed by atoms with Crippen molar-refractivity contribution in [2.75, 3.05) is 12.4 Å². The van der Waals surface area contributed by atoms with Crippen LogP contribution in [0.3, 0.4) is 0 Å². The van der Waals surface area contributed by atoms with Crippen LogP contribution in [0, 0.1) is 17.9 Å². The summed E-state index contributed by atoms with van der Waals surface area (Å²) < 4.78 is 13.5. The fourth-order valence-electron chi connectivity index (χ4n) is 1.39. The van der Waals surface area contributed by atoms with Gasteiger partial charge in [0.05, 0.1) is 11.3 Å². The van der Waals surface area contributed by atoms with Crippen molar-refractivity contribution in [2.24, 2.45) is 0 Å². The third kappa shape index (κ3) is 1.96. The summed E-state index contributed by atoms with van der Waals surface area (Å²) >= 11 is 1.39. The van der Waals surface area contributed by atoms with Crippen molar-refractivity contribution >= 4 is 16.3 Å². The molecule has 0 bridgehead atoms. The lowest BCUT2D eigenvalue weighted by Crippen LogP contribution is -2.25. The molecule has 0 amide bonds. The van der Waals surface area contributed by atoms with Gasteiger partial charge in [0.1, 0.15) is 10.0 Å². The van der Waals surface area contributed by atoms with E-state index in [4.69, 9.17) is 0 Å². The fraction of sp³-hybridized carbons (Fsp3) is 0.200. The molecule has 6 heteroatoms. The van der Waals surface area contributed by atoms with Crippen molar-refractivity contribution in [3.63, 3.8) is 0 Å². The topological polar surface area (TPSA) is 51.9 Å². The Balaban J connectivity index is 2.49. The maximum Gasteiger partial charge on any atom is 0.216 e. The monoisotopic (exact) mass is 239 g/mol. The van der Waals surface area contributed by atoms with E-state index in [1.54, 1.807) is 7.05 Å². The third-order valence-corrected chi connectivity index (χ3v) is 3.30. The van der Waals surface area contributed by atoms with Gasteiger partial charge < -0.3 is 10.5 Å². The smallest absolute Gasteiger partial charge is 0.216 e. The molecule has 0 saturated heterocycles. The number of aryl methyl sites for hydroxylation is 1. The summed E-state index contributed by atoms with van der Waals surface area (Å²) in [6.45, 7) is 1.86. The number of halogens is 1. The van der Waals surface area contributed by atoms with Crippen molar-refractivity contribution in [2.45, 2.75) is 6.92 Å². The Labute approximate surface area is 96.0 Å². The Kier molecular flexibility index (Phi) is 2.74. The van der Waals surface area contributed by atoms with E-state index in [1.807, 2.05) is 6.92 Å². The lowest BCUT2D eigenvalue weighted by Gasteiger charge is -1.98. The van der Waals surface area contributed by atoms with Crippen LogP contribution in [0.15, 0.2) is 18.5 Å². The van der Waals surface area contributed by atoms with E-state index in [2.05, 4.69) is 10.3 Å². The highest BCUT2D eigenvalue weighted by molar-refractivity contribution is 7.19. The van der Waals surface area contributed by atoms with Gasteiger partial charge in [0, 0.05) is 7.05 Å². The summed E-state index contributed by atoms with van der Waals surface area (Å²) in [5, 5.41) is 15.6. The molecule has 0 fully saturated rings. The van der Waals surface area contributed by atoms with Crippen LogP contribution in [0.4, 0.5) is 9.39 Å². The predicted octanol–water partition coefficient (Wildman–Crippen LogP) is 1.93. The summed E-state index contributed by atoms with van der Waals surface area (Å²) in [5.74, 6) is -0.564. The largest absolute Gasteiger partial charge is 0.619 e. The zero-order valence-electron chi connectivity index (χ0n) is 8.82. The molecule has 2 aromatic heterocycles. The lowest BCUT2D eigenvalue weighted by molar-refractivity contribution is -0.606. The highest BCUT2D eigenvalue weighted by atomic mass is 32.1. The molecule has 2 aromatic rings. The Hall–Kier alpha value is -1.69. The first kappa shape index (κ1) is 10.8. The first-order chi connectivity index (χ1) is 7.60. The van der Waals surface area contributed by atoms with Crippen LogP contribution >= 0.6 is 11.3 Å². The summed E-state index contributed by atoms with van der Waals surface area (Å²) in [7, 11) is 1.80. The summed E-state index contributed by atoms with van der Waals surface area (Å²) in [5.41, 5.74) is 1.33. The van der Waals surface area contributed by atoms with Crippen LogP contribution in [-0.4, -0.2) is 12.0 Å². The maximum atomic E-state index is 13.0. The average molecular weight is 239 g/mol. The zero-order chi connectivity index (χ0) is 11.7. The minimum Gasteiger partial charge on any atom is -0.619 e. The number of thiazole rings is 1. The van der Waals surface area contributed by atoms with Crippen LogP contribution < -0.4 is 10.0 Å². The Bertz CT molecular complexity index is 507. The molecule has 0 saturated carbocycles. The third-order valence-electron chi connectivity index (χ3n) is 2.08. The zero-order valence-corrected chi connectivity index (χ0v) is 9.64. The van der Waals surface area contributed by atoms with Crippen molar-refractivity contribution in [3.8, 4) is 10.6 Å². The molecule has 1 N–H and O–H groups in total. The first-order valence-electron chi connectivity index (χ1n) is 4.65. The van der Waals surface area contributed by atoms with E-state index < -0.39 is 5.82 Å². The van der Waals surface area contributed by atoms with Crippen LogP contribution in [-0.2, 0) is 0 Å². The number of hydrogen-bond donors (Lipinski definition) is 1. The molecule has 0 unspecified atom stereocenters. The highest BCUT2D eigenvalue weighted by Gasteiger charge is 2.12. The maximum absolute atomic E-state index is 13.0. The number of nitrogens with one attached hydrogen (secondary N) is 1. The molecular formula is C10H10FN3OS. The van der Waals surface area contributed by atoms with Crippen molar-refractivity contribution in [1.29, 1.82) is 0 Å². The van der Waals surface area contributed by atoms with Crippen molar-refractivity contribution in [3.05, 3.63) is 35.2 Å². The molecule has 2 rings (SSSR count). The van der Waals surface area contributed by atoms with Crippen LogP contribution in [0.25, 0.3) is 10.6 Å². The molecule has 4 nitrogen and oxygen atoms in total. The quantitative estimate of drug-likeness (QED) is 0.643. The van der Waals surface area contributed by atoms with Gasteiger partial charge in [0.15, 0.2) is 12.0 Å². The SMILES string of the molecule is CNc1sc(-c2cc(F)c[n+]([O-])c2)nc1C. The molecule has 0 aliphatic carbocycles. The number of rotatable bonds is 2. The molecule has 16 heavy (non-hydrogen) atoms. The average Bonchev–Trinajstić information content (AvgIpc) is 2.58. The second-order valence-electron chi connectivity index (χ2n) is 3.29. The van der Waals surface area contributed by atoms with Crippen molar-refractivity contribution < 1.29 is 9.12 Å². The van der Waals surface area contributed by atoms with Gasteiger partial charge in [-0.3, -0.25) is 0 Å². The fourth-order valence-corrected chi connectivity index (χ4v) is 2.29. The van der Waals surface area contributed by atoms with Gasteiger partial charge >= 0.3 is 0 Å². The number of hydrogen-bond acceptors (Lipinski definition) is 4. The van der Waals surface area contributed by atoms with Gasteiger partial charge in [0.25, 0.3) is 0 Å². The van der Waals surface area contributed by atoms with Gasteiger partial charge in [-0.05, 0) is 13.0 Å². The minimum atomic E-state index is -0.564. The summed E-state index contributed by atoms with van der Waals surface area (Å²) in [4.78, 5) is 4.27. The van der Waals surface area contributed by atoms with E-state index in [1.165, 1.54) is 23.6 Å². The van der Waals surface area contributed by atoms with Gasteiger partial charge in [0.2, 0.25) is 6.20 Å². The molecule has 0 spiro atoms. The minimum absolute atomic E-state index is 0.445. The van der Waals surface area contributed by atoms with Gasteiger partial charge in [-0.2, -0.15) is 4.73 Å². The second-order valence-corrected chi connectivity index (χ2v) is 4.29. The summed E-state index contributed by atoms with van der Waals surface area (Å²) in [6.07, 6.45) is 2.18. The highest BCUT2D eigenvalue weighted by Crippen LogP contribution is 2.30. The standard InChI is InChI=1S/C10H10FN3OS/c1-6-9(12-2)16-10(13-6)7-3-8(11)5-14(15)4-7/h3-5,12H,1-2H3. The molecule has 0 aliphatic rings. The number of aromatic nitrogens is 2. The summed E-state index contributed by atoms with van der Waals surface area (Å²) in [6, 6.07) is 1.30. The van der Waals surface area contributed by atoms with Gasteiger partial charge in [-0.1, -0.05) is 11.3 Å². The Morgan fingerprint density at radius 1 is 1.50 bits per heavy atom. The normalized spacial score (nSPS) is 10.4. The Morgan fingerprint density at radius 2 is 2.25 bits per heavy atom. The molecule has 0 atom stereocenters. The van der Waals surface area contributed by atoms with E-state index in [0.717, 1.165) is 16.9 Å². The molecule has 0 radical (unpaired) electrons. The predicted molar refractivity (Wildman–Crippen MR) is 60.8 cm³/mol. The van der Waals surface area contributed by atoms with Crippen LogP contribution in [0.5, 0.6) is 0 Å². The molecule has 0 aromatic carbocycles. The van der Waals surface area contributed by atoms with Gasteiger partial charge in [-0.15, -0.1) is 0 Å². The lowest BCUT2D eigenvalue weighted by atomic mass is 10.3. The first-order valence-corrected chi connectivity index (χ1v) is 5.46. The van der Waals surface area contributed by atoms with Crippen LogP contribution in [0.1, 0.15) is 5.69 Å².